The third-order valence-corrected chi connectivity index (χ3v) is 4.77. The Morgan fingerprint density at radius 1 is 1.35 bits per heavy atom. The summed E-state index contributed by atoms with van der Waals surface area (Å²) < 4.78 is 60.5. The van der Waals surface area contributed by atoms with E-state index in [1.165, 1.54) is 0 Å². The second-order valence-electron chi connectivity index (χ2n) is 4.75. The molecule has 0 aromatic carbocycles. The molecule has 0 amide bonds. The zero-order valence-corrected chi connectivity index (χ0v) is 15.8. The van der Waals surface area contributed by atoms with Crippen LogP contribution in [-0.2, 0) is 10.0 Å². The maximum atomic E-state index is 12.5. The molecule has 0 aromatic rings. The van der Waals surface area contributed by atoms with Gasteiger partial charge in [-0.15, -0.1) is 24.0 Å². The lowest BCUT2D eigenvalue weighted by Crippen LogP contribution is -2.51. The Bertz CT molecular complexity index is 479. The molecule has 3 N–H and O–H groups in total. The maximum absolute atomic E-state index is 12.5. The van der Waals surface area contributed by atoms with Gasteiger partial charge in [-0.25, -0.2) is 8.42 Å². The molecule has 0 spiro atoms. The van der Waals surface area contributed by atoms with E-state index >= 15 is 0 Å². The van der Waals surface area contributed by atoms with Gasteiger partial charge in [-0.05, 0) is 19.8 Å². The predicted octanol–water partition coefficient (Wildman–Crippen LogP) is 0.466. The van der Waals surface area contributed by atoms with Gasteiger partial charge in [0.05, 0.1) is 13.2 Å². The molecule has 1 rings (SSSR count). The molecular weight excluding hydrogens is 452 g/mol. The van der Waals surface area contributed by atoms with Crippen molar-refractivity contribution in [2.75, 3.05) is 32.8 Å². The molecule has 1 fully saturated rings. The number of aliphatic imine (C=N–C) groups is 1. The second kappa shape index (κ2) is 9.84. The van der Waals surface area contributed by atoms with Gasteiger partial charge in [0.15, 0.2) is 5.96 Å². The average Bonchev–Trinajstić information content (AvgIpc) is 2.44. The minimum Gasteiger partial charge on any atom is -0.394 e. The van der Waals surface area contributed by atoms with Gasteiger partial charge in [0.1, 0.15) is 0 Å². The van der Waals surface area contributed by atoms with E-state index in [9.17, 15) is 21.6 Å². The molecule has 23 heavy (non-hydrogen) atoms. The topological polar surface area (TPSA) is 94.0 Å². The monoisotopic (exact) mass is 474 g/mol. The molecule has 138 valence electrons. The molecule has 1 saturated heterocycles. The summed E-state index contributed by atoms with van der Waals surface area (Å²) in [4.78, 5) is 4.07. The Balaban J connectivity index is 0.00000484. The Hall–Kier alpha value is -0.340. The Kier molecular flexibility index (Phi) is 9.69. The van der Waals surface area contributed by atoms with E-state index in [1.807, 2.05) is 6.92 Å². The van der Waals surface area contributed by atoms with E-state index < -0.39 is 15.5 Å². The standard InChI is InChI=1S/C11H21F3N4O3S.HI/c1-2-15-10(16-5-8-19)17-9-3-6-18(7-4-9)22(20,21)11(12,13)14;/h9,19H,2-8H2,1H3,(H2,15,16,17);1H. The largest absolute Gasteiger partial charge is 0.511 e. The van der Waals surface area contributed by atoms with E-state index in [0.29, 0.717) is 16.8 Å². The maximum Gasteiger partial charge on any atom is 0.511 e. The number of hydrogen-bond donors (Lipinski definition) is 3. The highest BCUT2D eigenvalue weighted by Gasteiger charge is 2.50. The molecule has 0 radical (unpaired) electrons. The van der Waals surface area contributed by atoms with Crippen molar-refractivity contribution in [2.45, 2.75) is 31.3 Å². The van der Waals surface area contributed by atoms with E-state index in [-0.39, 0.29) is 69.1 Å². The van der Waals surface area contributed by atoms with Crippen molar-refractivity contribution in [1.29, 1.82) is 0 Å². The molecule has 0 bridgehead atoms. The number of alkyl halides is 3. The van der Waals surface area contributed by atoms with Crippen LogP contribution in [0.1, 0.15) is 19.8 Å². The van der Waals surface area contributed by atoms with Gasteiger partial charge in [-0.3, -0.25) is 4.99 Å². The number of guanidine groups is 1. The minimum absolute atomic E-state index is 0. The van der Waals surface area contributed by atoms with Gasteiger partial charge in [-0.1, -0.05) is 0 Å². The Labute approximate surface area is 150 Å². The molecule has 1 aliphatic heterocycles. The number of sulfonamides is 1. The number of hydrogen-bond acceptors (Lipinski definition) is 4. The summed E-state index contributed by atoms with van der Waals surface area (Å²) in [7, 11) is -5.25. The fourth-order valence-corrected chi connectivity index (χ4v) is 3.05. The number of halogens is 4. The molecule has 0 aliphatic carbocycles. The smallest absolute Gasteiger partial charge is 0.394 e. The van der Waals surface area contributed by atoms with Crippen molar-refractivity contribution in [3.63, 3.8) is 0 Å². The van der Waals surface area contributed by atoms with Gasteiger partial charge in [0.25, 0.3) is 0 Å². The normalized spacial score (nSPS) is 18.4. The van der Waals surface area contributed by atoms with Crippen molar-refractivity contribution in [3.8, 4) is 0 Å². The average molecular weight is 474 g/mol. The van der Waals surface area contributed by atoms with Crippen LogP contribution < -0.4 is 10.6 Å². The molecular formula is C11H22F3IN4O3S. The summed E-state index contributed by atoms with van der Waals surface area (Å²) in [6.45, 7) is 2.15. The summed E-state index contributed by atoms with van der Waals surface area (Å²) >= 11 is 0. The molecule has 0 atom stereocenters. The molecule has 12 heteroatoms. The van der Waals surface area contributed by atoms with Crippen LogP contribution in [0.15, 0.2) is 4.99 Å². The van der Waals surface area contributed by atoms with E-state index in [0.717, 1.165) is 0 Å². The predicted molar refractivity (Wildman–Crippen MR) is 91.2 cm³/mol. The summed E-state index contributed by atoms with van der Waals surface area (Å²) in [5.41, 5.74) is -5.26. The quantitative estimate of drug-likeness (QED) is 0.306. The lowest BCUT2D eigenvalue weighted by atomic mass is 10.1. The first-order valence-electron chi connectivity index (χ1n) is 6.94. The summed E-state index contributed by atoms with van der Waals surface area (Å²) in [6, 6.07) is -0.170. The number of rotatable bonds is 5. The number of nitrogens with zero attached hydrogens (tertiary/aromatic N) is 2. The third kappa shape index (κ3) is 6.58. The van der Waals surface area contributed by atoms with Crippen LogP contribution in [0.4, 0.5) is 13.2 Å². The van der Waals surface area contributed by atoms with Crippen LogP contribution in [0.3, 0.4) is 0 Å². The van der Waals surface area contributed by atoms with Crippen LogP contribution in [0.2, 0.25) is 0 Å². The third-order valence-electron chi connectivity index (χ3n) is 3.14. The number of aliphatic hydroxyl groups is 1. The van der Waals surface area contributed by atoms with Crippen LogP contribution in [-0.4, -0.2) is 68.1 Å². The number of piperidine rings is 1. The lowest BCUT2D eigenvalue weighted by Gasteiger charge is -2.32. The molecule has 0 unspecified atom stereocenters. The zero-order chi connectivity index (χ0) is 16.8. The fraction of sp³-hybridized carbons (Fsp3) is 0.909. The Morgan fingerprint density at radius 2 is 1.91 bits per heavy atom. The first kappa shape index (κ1) is 22.7. The minimum atomic E-state index is -5.26. The molecule has 0 aromatic heterocycles. The van der Waals surface area contributed by atoms with E-state index in [4.69, 9.17) is 5.11 Å². The molecule has 0 saturated carbocycles. The van der Waals surface area contributed by atoms with Crippen LogP contribution >= 0.6 is 24.0 Å². The van der Waals surface area contributed by atoms with Crippen molar-refractivity contribution < 1.29 is 26.7 Å². The number of aliphatic hydroxyl groups excluding tert-OH is 1. The SMILES string of the molecule is CCNC(=NCCO)NC1CCN(S(=O)(=O)C(F)(F)F)CC1.I. The van der Waals surface area contributed by atoms with Crippen LogP contribution in [0, 0.1) is 0 Å². The van der Waals surface area contributed by atoms with Crippen LogP contribution in [0.25, 0.3) is 0 Å². The fourth-order valence-electron chi connectivity index (χ4n) is 2.06. The van der Waals surface area contributed by atoms with Crippen molar-refractivity contribution in [3.05, 3.63) is 0 Å². The molecule has 7 nitrogen and oxygen atoms in total. The van der Waals surface area contributed by atoms with Gasteiger partial charge in [-0.2, -0.15) is 17.5 Å². The molecule has 1 aliphatic rings. The second-order valence-corrected chi connectivity index (χ2v) is 6.68. The van der Waals surface area contributed by atoms with Gasteiger partial charge in [0, 0.05) is 25.7 Å². The van der Waals surface area contributed by atoms with Gasteiger partial charge in [0.2, 0.25) is 0 Å². The van der Waals surface area contributed by atoms with Crippen molar-refractivity contribution in [2.24, 2.45) is 4.99 Å². The highest BCUT2D eigenvalue weighted by molar-refractivity contribution is 14.0. The van der Waals surface area contributed by atoms with Gasteiger partial charge >= 0.3 is 15.5 Å². The van der Waals surface area contributed by atoms with Crippen molar-refractivity contribution >= 4 is 40.0 Å². The van der Waals surface area contributed by atoms with Gasteiger partial charge < -0.3 is 15.7 Å². The first-order valence-corrected chi connectivity index (χ1v) is 8.38. The summed E-state index contributed by atoms with van der Waals surface area (Å²) in [6.07, 6.45) is 0.498. The summed E-state index contributed by atoms with van der Waals surface area (Å²) in [5.74, 6) is 0.452. The van der Waals surface area contributed by atoms with Crippen LogP contribution in [0.5, 0.6) is 0 Å². The van der Waals surface area contributed by atoms with E-state index in [1.54, 1.807) is 0 Å². The highest BCUT2D eigenvalue weighted by atomic mass is 127. The summed E-state index contributed by atoms with van der Waals surface area (Å²) in [5, 5.41) is 14.7. The van der Waals surface area contributed by atoms with E-state index in [2.05, 4.69) is 15.6 Å². The zero-order valence-electron chi connectivity index (χ0n) is 12.6. The molecule has 1 heterocycles. The first-order chi connectivity index (χ1) is 10.2. The highest BCUT2D eigenvalue weighted by Crippen LogP contribution is 2.28. The lowest BCUT2D eigenvalue weighted by molar-refractivity contribution is -0.0494. The Morgan fingerprint density at radius 3 is 2.35 bits per heavy atom. The number of nitrogens with one attached hydrogen (secondary N) is 2. The van der Waals surface area contributed by atoms with Crippen molar-refractivity contribution in [1.82, 2.24) is 14.9 Å².